The maximum Gasteiger partial charge on any atom is 0.227 e. The minimum Gasteiger partial charge on any atom is -0.377 e. The van der Waals surface area contributed by atoms with Crippen molar-refractivity contribution < 1.29 is 9.53 Å². The van der Waals surface area contributed by atoms with Gasteiger partial charge >= 0.3 is 0 Å². The van der Waals surface area contributed by atoms with Crippen molar-refractivity contribution in [3.8, 4) is 5.69 Å². The van der Waals surface area contributed by atoms with Crippen LogP contribution < -0.4 is 11.1 Å². The minimum absolute atomic E-state index is 0. The van der Waals surface area contributed by atoms with Gasteiger partial charge in [-0.05, 0) is 50.3 Å². The van der Waals surface area contributed by atoms with Crippen molar-refractivity contribution in [1.29, 1.82) is 0 Å². The fourth-order valence-corrected chi connectivity index (χ4v) is 3.87. The molecular formula is C21H31Cl2N5O2. The van der Waals surface area contributed by atoms with Gasteiger partial charge in [-0.2, -0.15) is 5.10 Å². The standard InChI is InChI=1S/C21H30ClN5O2.ClH/c1-4-9-29-18-10-14(6-8-17(18)23)21-25-19(12-20(28)24-3)26-27(21)15-7-5-13(2)16(22)11-15;/h5,7,11,14,17-18H,4,6,8-10,12,23H2,1-3H3,(H,24,28);1H/t14-,17+,18+;/m0./s1. The molecule has 1 fully saturated rings. The summed E-state index contributed by atoms with van der Waals surface area (Å²) >= 11 is 6.35. The third kappa shape index (κ3) is 5.72. The number of amides is 1. The maximum atomic E-state index is 11.9. The average Bonchev–Trinajstić information content (AvgIpc) is 3.13. The number of aromatic nitrogens is 3. The second-order valence-electron chi connectivity index (χ2n) is 7.66. The summed E-state index contributed by atoms with van der Waals surface area (Å²) in [6.07, 6.45) is 3.66. The number of likely N-dealkylation sites (N-methyl/N-ethyl adjacent to an activating group) is 1. The third-order valence-corrected chi connectivity index (χ3v) is 5.82. The Kier molecular flexibility index (Phi) is 9.09. The van der Waals surface area contributed by atoms with Crippen LogP contribution in [0.2, 0.25) is 5.02 Å². The molecule has 9 heteroatoms. The predicted molar refractivity (Wildman–Crippen MR) is 121 cm³/mol. The molecule has 0 aliphatic heterocycles. The molecule has 7 nitrogen and oxygen atoms in total. The molecule has 0 saturated heterocycles. The second kappa shape index (κ2) is 11.1. The summed E-state index contributed by atoms with van der Waals surface area (Å²) in [6, 6.07) is 5.86. The molecular weight excluding hydrogens is 425 g/mol. The molecule has 3 rings (SSSR count). The number of nitrogens with zero attached hydrogens (tertiary/aromatic N) is 3. The van der Waals surface area contributed by atoms with Gasteiger partial charge in [0, 0.05) is 30.6 Å². The molecule has 0 radical (unpaired) electrons. The molecule has 1 aromatic carbocycles. The molecule has 1 aromatic heterocycles. The topological polar surface area (TPSA) is 95.1 Å². The van der Waals surface area contributed by atoms with Gasteiger partial charge in [0.2, 0.25) is 5.91 Å². The van der Waals surface area contributed by atoms with E-state index in [-0.39, 0.29) is 42.8 Å². The zero-order valence-corrected chi connectivity index (χ0v) is 19.3. The minimum atomic E-state index is -0.120. The van der Waals surface area contributed by atoms with Crippen LogP contribution in [0.15, 0.2) is 18.2 Å². The first-order valence-corrected chi connectivity index (χ1v) is 10.6. The molecule has 3 atom stereocenters. The largest absolute Gasteiger partial charge is 0.377 e. The highest BCUT2D eigenvalue weighted by Crippen LogP contribution is 2.34. The molecule has 2 aromatic rings. The van der Waals surface area contributed by atoms with Crippen LogP contribution in [0, 0.1) is 6.92 Å². The van der Waals surface area contributed by atoms with E-state index in [0.717, 1.165) is 42.8 Å². The van der Waals surface area contributed by atoms with Crippen LogP contribution in [-0.4, -0.2) is 46.5 Å². The fraction of sp³-hybridized carbons (Fsp3) is 0.571. The van der Waals surface area contributed by atoms with E-state index in [1.807, 2.05) is 29.8 Å². The van der Waals surface area contributed by atoms with Crippen molar-refractivity contribution >= 4 is 29.9 Å². The van der Waals surface area contributed by atoms with E-state index in [9.17, 15) is 4.79 Å². The Hall–Kier alpha value is -1.67. The van der Waals surface area contributed by atoms with Crippen molar-refractivity contribution in [2.24, 2.45) is 5.73 Å². The zero-order chi connectivity index (χ0) is 21.0. The first kappa shape index (κ1) is 24.6. The smallest absolute Gasteiger partial charge is 0.227 e. The van der Waals surface area contributed by atoms with Gasteiger partial charge < -0.3 is 15.8 Å². The molecule has 166 valence electrons. The third-order valence-electron chi connectivity index (χ3n) is 5.42. The van der Waals surface area contributed by atoms with Gasteiger partial charge in [0.1, 0.15) is 5.82 Å². The number of hydrogen-bond acceptors (Lipinski definition) is 5. The van der Waals surface area contributed by atoms with Crippen LogP contribution in [-0.2, 0) is 16.0 Å². The van der Waals surface area contributed by atoms with Gasteiger partial charge in [0.05, 0.1) is 18.2 Å². The molecule has 0 unspecified atom stereocenters. The molecule has 1 heterocycles. The number of nitrogens with two attached hydrogens (primary N) is 1. The van der Waals surface area contributed by atoms with Gasteiger partial charge in [-0.25, -0.2) is 9.67 Å². The fourth-order valence-electron chi connectivity index (χ4n) is 3.69. The second-order valence-corrected chi connectivity index (χ2v) is 8.07. The van der Waals surface area contributed by atoms with Crippen LogP contribution in [0.5, 0.6) is 0 Å². The Morgan fingerprint density at radius 3 is 2.83 bits per heavy atom. The monoisotopic (exact) mass is 455 g/mol. The van der Waals surface area contributed by atoms with E-state index < -0.39 is 0 Å². The first-order valence-electron chi connectivity index (χ1n) is 10.2. The highest BCUT2D eigenvalue weighted by Gasteiger charge is 2.33. The Morgan fingerprint density at radius 1 is 1.40 bits per heavy atom. The van der Waals surface area contributed by atoms with Crippen LogP contribution in [0.3, 0.4) is 0 Å². The van der Waals surface area contributed by atoms with E-state index in [4.69, 9.17) is 27.1 Å². The van der Waals surface area contributed by atoms with E-state index >= 15 is 0 Å². The Bertz CT molecular complexity index is 858. The predicted octanol–water partition coefficient (Wildman–Crippen LogP) is 3.33. The summed E-state index contributed by atoms with van der Waals surface area (Å²) in [5.74, 6) is 1.37. The van der Waals surface area contributed by atoms with Crippen molar-refractivity contribution in [1.82, 2.24) is 20.1 Å². The molecule has 3 N–H and O–H groups in total. The number of aryl methyl sites for hydroxylation is 1. The summed E-state index contributed by atoms with van der Waals surface area (Å²) in [5, 5.41) is 7.94. The number of benzene rings is 1. The zero-order valence-electron chi connectivity index (χ0n) is 17.7. The molecule has 0 spiro atoms. The number of ether oxygens (including phenoxy) is 1. The Morgan fingerprint density at radius 2 is 2.17 bits per heavy atom. The summed E-state index contributed by atoms with van der Waals surface area (Å²) in [4.78, 5) is 16.6. The maximum absolute atomic E-state index is 11.9. The number of rotatable bonds is 7. The summed E-state index contributed by atoms with van der Waals surface area (Å²) in [7, 11) is 1.61. The van der Waals surface area contributed by atoms with E-state index in [1.165, 1.54) is 0 Å². The number of carbonyl (C=O) groups excluding carboxylic acids is 1. The molecule has 1 amide bonds. The molecule has 1 aliphatic rings. The van der Waals surface area contributed by atoms with Crippen LogP contribution in [0.25, 0.3) is 5.69 Å². The van der Waals surface area contributed by atoms with Crippen molar-refractivity contribution in [2.75, 3.05) is 13.7 Å². The van der Waals surface area contributed by atoms with Crippen LogP contribution in [0.4, 0.5) is 0 Å². The van der Waals surface area contributed by atoms with E-state index in [1.54, 1.807) is 7.05 Å². The highest BCUT2D eigenvalue weighted by molar-refractivity contribution is 6.31. The molecule has 1 saturated carbocycles. The van der Waals surface area contributed by atoms with Gasteiger partial charge in [-0.1, -0.05) is 24.6 Å². The number of nitrogens with one attached hydrogen (secondary N) is 1. The summed E-state index contributed by atoms with van der Waals surface area (Å²) in [5.41, 5.74) is 8.14. The molecule has 0 bridgehead atoms. The summed E-state index contributed by atoms with van der Waals surface area (Å²) < 4.78 is 7.82. The highest BCUT2D eigenvalue weighted by atomic mass is 35.5. The lowest BCUT2D eigenvalue weighted by molar-refractivity contribution is -0.120. The van der Waals surface area contributed by atoms with Crippen molar-refractivity contribution in [3.63, 3.8) is 0 Å². The van der Waals surface area contributed by atoms with Crippen molar-refractivity contribution in [3.05, 3.63) is 40.4 Å². The Balaban J connectivity index is 0.00000320. The van der Waals surface area contributed by atoms with Gasteiger partial charge in [-0.3, -0.25) is 4.79 Å². The normalized spacial score (nSPS) is 21.2. The lowest BCUT2D eigenvalue weighted by Crippen LogP contribution is -2.42. The quantitative estimate of drug-likeness (QED) is 0.667. The number of carbonyl (C=O) groups is 1. The van der Waals surface area contributed by atoms with Gasteiger partial charge in [-0.15, -0.1) is 12.4 Å². The SMILES string of the molecule is CCCO[C@@H]1C[C@@H](c2nc(CC(=O)NC)nn2-c2ccc(C)c(Cl)c2)CC[C@H]1N.Cl. The molecule has 30 heavy (non-hydrogen) atoms. The van der Waals surface area contributed by atoms with E-state index in [2.05, 4.69) is 17.3 Å². The molecule has 1 aliphatic carbocycles. The average molecular weight is 456 g/mol. The van der Waals surface area contributed by atoms with Crippen LogP contribution >= 0.6 is 24.0 Å². The van der Waals surface area contributed by atoms with Gasteiger partial charge in [0.15, 0.2) is 5.82 Å². The van der Waals surface area contributed by atoms with Crippen LogP contribution in [0.1, 0.15) is 55.7 Å². The lowest BCUT2D eigenvalue weighted by Gasteiger charge is -2.33. The number of halogens is 2. The van der Waals surface area contributed by atoms with E-state index in [0.29, 0.717) is 17.5 Å². The number of hydrogen-bond donors (Lipinski definition) is 2. The first-order chi connectivity index (χ1) is 13.9. The lowest BCUT2D eigenvalue weighted by atomic mass is 9.83. The Labute approximate surface area is 189 Å². The van der Waals surface area contributed by atoms with Gasteiger partial charge in [0.25, 0.3) is 0 Å². The van der Waals surface area contributed by atoms with Crippen molar-refractivity contribution in [2.45, 2.75) is 64.0 Å². The summed E-state index contributed by atoms with van der Waals surface area (Å²) in [6.45, 7) is 4.76.